The van der Waals surface area contributed by atoms with E-state index >= 15 is 0 Å². The van der Waals surface area contributed by atoms with Crippen LogP contribution in [0.1, 0.15) is 85.0 Å². The van der Waals surface area contributed by atoms with Crippen LogP contribution in [0.4, 0.5) is 0 Å². The van der Waals surface area contributed by atoms with Gasteiger partial charge in [0.1, 0.15) is 0 Å². The van der Waals surface area contributed by atoms with Gasteiger partial charge in [0, 0.05) is 0 Å². The first-order valence-corrected chi connectivity index (χ1v) is 8.14. The summed E-state index contributed by atoms with van der Waals surface area (Å²) in [6.07, 6.45) is 15.0. The summed E-state index contributed by atoms with van der Waals surface area (Å²) in [5.41, 5.74) is 0.804. The van der Waals surface area contributed by atoms with Gasteiger partial charge in [0.2, 0.25) is 0 Å². The molecule has 0 aromatic rings. The van der Waals surface area contributed by atoms with Crippen LogP contribution in [0, 0.1) is 23.2 Å². The number of hydrogen-bond acceptors (Lipinski definition) is 0. The van der Waals surface area contributed by atoms with Crippen molar-refractivity contribution in [3.05, 3.63) is 0 Å². The van der Waals surface area contributed by atoms with Crippen LogP contribution in [0.25, 0.3) is 0 Å². The zero-order valence-corrected chi connectivity index (χ0v) is 12.3. The molecule has 0 bridgehead atoms. The second-order valence-corrected chi connectivity index (χ2v) is 7.38. The number of rotatable bonds is 7. The van der Waals surface area contributed by atoms with Gasteiger partial charge in [-0.1, -0.05) is 65.7 Å². The van der Waals surface area contributed by atoms with Crippen LogP contribution in [0.15, 0.2) is 0 Å². The van der Waals surface area contributed by atoms with Gasteiger partial charge in [0.25, 0.3) is 0 Å². The van der Waals surface area contributed by atoms with Gasteiger partial charge in [-0.25, -0.2) is 0 Å². The van der Waals surface area contributed by atoms with E-state index in [1.807, 2.05) is 0 Å². The highest BCUT2D eigenvalue weighted by atomic mass is 14.6. The molecule has 0 N–H and O–H groups in total. The van der Waals surface area contributed by atoms with Crippen LogP contribution in [-0.2, 0) is 0 Å². The van der Waals surface area contributed by atoms with Crippen molar-refractivity contribution in [3.8, 4) is 0 Å². The van der Waals surface area contributed by atoms with Crippen molar-refractivity contribution in [1.82, 2.24) is 0 Å². The average Bonchev–Trinajstić information content (AvgIpc) is 2.95. The molecule has 4 unspecified atom stereocenters. The van der Waals surface area contributed by atoms with Gasteiger partial charge in [-0.05, 0) is 42.4 Å². The molecule has 17 heavy (non-hydrogen) atoms. The lowest BCUT2D eigenvalue weighted by Crippen LogP contribution is -2.15. The summed E-state index contributed by atoms with van der Waals surface area (Å²) in [5, 5.41) is 0. The van der Waals surface area contributed by atoms with E-state index in [1.165, 1.54) is 38.5 Å². The van der Waals surface area contributed by atoms with E-state index in [9.17, 15) is 0 Å². The molecule has 0 nitrogen and oxygen atoms in total. The molecular weight excluding hydrogens is 204 g/mol. The third kappa shape index (κ3) is 3.73. The van der Waals surface area contributed by atoms with Gasteiger partial charge >= 0.3 is 0 Å². The topological polar surface area (TPSA) is 0 Å². The van der Waals surface area contributed by atoms with E-state index in [-0.39, 0.29) is 0 Å². The molecule has 2 aliphatic rings. The minimum Gasteiger partial charge on any atom is -0.0654 e. The van der Waals surface area contributed by atoms with Gasteiger partial charge in [-0.3, -0.25) is 0 Å². The monoisotopic (exact) mass is 236 g/mol. The van der Waals surface area contributed by atoms with Gasteiger partial charge in [-0.2, -0.15) is 0 Å². The first-order chi connectivity index (χ1) is 8.14. The Morgan fingerprint density at radius 3 is 2.65 bits per heavy atom. The average molecular weight is 236 g/mol. The second-order valence-electron chi connectivity index (χ2n) is 7.38. The third-order valence-electron chi connectivity index (χ3n) is 5.56. The van der Waals surface area contributed by atoms with Crippen LogP contribution in [0.2, 0.25) is 0 Å². The Morgan fingerprint density at radius 2 is 1.94 bits per heavy atom. The van der Waals surface area contributed by atoms with Crippen LogP contribution in [-0.4, -0.2) is 0 Å². The van der Waals surface area contributed by atoms with Gasteiger partial charge in [0.05, 0.1) is 0 Å². The zero-order valence-electron chi connectivity index (χ0n) is 12.3. The number of fused-ring (bicyclic) bond motifs is 1. The Balaban J connectivity index is 1.53. The molecule has 2 aliphatic carbocycles. The number of unbranched alkanes of at least 4 members (excludes halogenated alkanes) is 1. The molecule has 100 valence electrons. The molecule has 0 heteroatoms. The predicted octanol–water partition coefficient (Wildman–Crippen LogP) is 5.81. The summed E-state index contributed by atoms with van der Waals surface area (Å²) >= 11 is 0. The Bertz CT molecular complexity index is 232. The van der Waals surface area contributed by atoms with Gasteiger partial charge in [0.15, 0.2) is 0 Å². The minimum absolute atomic E-state index is 0.804. The fraction of sp³-hybridized carbons (Fsp3) is 1.00. The molecule has 0 aliphatic heterocycles. The lowest BCUT2D eigenvalue weighted by atomic mass is 9.79. The van der Waals surface area contributed by atoms with Crippen molar-refractivity contribution in [2.45, 2.75) is 85.0 Å². The lowest BCUT2D eigenvalue weighted by Gasteiger charge is -2.26. The van der Waals surface area contributed by atoms with E-state index in [0.717, 1.165) is 23.2 Å². The summed E-state index contributed by atoms with van der Waals surface area (Å²) in [4.78, 5) is 0. The molecule has 2 rings (SSSR count). The quantitative estimate of drug-likeness (QED) is 0.489. The summed E-state index contributed by atoms with van der Waals surface area (Å²) in [5.74, 6) is 3.18. The van der Waals surface area contributed by atoms with Gasteiger partial charge < -0.3 is 0 Å². The molecule has 0 spiro atoms. The van der Waals surface area contributed by atoms with Crippen LogP contribution >= 0.6 is 0 Å². The predicted molar refractivity (Wildman–Crippen MR) is 76.1 cm³/mol. The van der Waals surface area contributed by atoms with E-state index in [2.05, 4.69) is 20.8 Å². The maximum atomic E-state index is 2.53. The molecule has 0 radical (unpaired) electrons. The summed E-state index contributed by atoms with van der Waals surface area (Å²) in [6.45, 7) is 7.28. The Hall–Kier alpha value is 0. The standard InChI is InChI=1S/C17H32/c1-4-7-14(2)8-5-6-9-15-10-11-16-13-17(16,3)12-15/h14-16H,4-13H2,1-3H3. The normalized spacial score (nSPS) is 37.6. The van der Waals surface area contributed by atoms with E-state index in [1.54, 1.807) is 25.7 Å². The largest absolute Gasteiger partial charge is 0.0654 e. The SMILES string of the molecule is CCCC(C)CCCCC1CCC2CC2(C)C1. The minimum atomic E-state index is 0.804. The smallest absolute Gasteiger partial charge is 0.0292 e. The molecule has 0 aromatic heterocycles. The molecule has 2 fully saturated rings. The molecule has 2 saturated carbocycles. The van der Waals surface area contributed by atoms with Crippen molar-refractivity contribution in [3.63, 3.8) is 0 Å². The fourth-order valence-electron chi connectivity index (χ4n) is 4.21. The highest BCUT2D eigenvalue weighted by Gasteiger charge is 2.52. The number of hydrogen-bond donors (Lipinski definition) is 0. The highest BCUT2D eigenvalue weighted by molar-refractivity contribution is 5.02. The van der Waals surface area contributed by atoms with E-state index in [4.69, 9.17) is 0 Å². The molecule has 0 heterocycles. The second kappa shape index (κ2) is 5.76. The first-order valence-electron chi connectivity index (χ1n) is 8.14. The molecule has 4 atom stereocenters. The lowest BCUT2D eigenvalue weighted by molar-refractivity contribution is 0.250. The maximum Gasteiger partial charge on any atom is -0.0292 e. The Labute approximate surface area is 109 Å². The Kier molecular flexibility index (Phi) is 4.55. The van der Waals surface area contributed by atoms with Crippen molar-refractivity contribution in [1.29, 1.82) is 0 Å². The maximum absolute atomic E-state index is 2.53. The van der Waals surface area contributed by atoms with Crippen molar-refractivity contribution in [2.24, 2.45) is 23.2 Å². The first kappa shape index (κ1) is 13.4. The molecule has 0 amide bonds. The van der Waals surface area contributed by atoms with Crippen molar-refractivity contribution < 1.29 is 0 Å². The molecular formula is C17H32. The molecule has 0 saturated heterocycles. The highest BCUT2D eigenvalue weighted by Crippen LogP contribution is 2.62. The summed E-state index contributed by atoms with van der Waals surface area (Å²) in [6, 6.07) is 0. The van der Waals surface area contributed by atoms with Crippen LogP contribution in [0.3, 0.4) is 0 Å². The fourth-order valence-corrected chi connectivity index (χ4v) is 4.21. The van der Waals surface area contributed by atoms with Crippen molar-refractivity contribution >= 4 is 0 Å². The van der Waals surface area contributed by atoms with Gasteiger partial charge in [-0.15, -0.1) is 0 Å². The van der Waals surface area contributed by atoms with Crippen LogP contribution in [0.5, 0.6) is 0 Å². The summed E-state index contributed by atoms with van der Waals surface area (Å²) < 4.78 is 0. The Morgan fingerprint density at radius 1 is 1.12 bits per heavy atom. The third-order valence-corrected chi connectivity index (χ3v) is 5.56. The van der Waals surface area contributed by atoms with E-state index < -0.39 is 0 Å². The zero-order chi connectivity index (χ0) is 12.3. The van der Waals surface area contributed by atoms with Crippen LogP contribution < -0.4 is 0 Å². The summed E-state index contributed by atoms with van der Waals surface area (Å²) in [7, 11) is 0. The van der Waals surface area contributed by atoms with E-state index in [0.29, 0.717) is 0 Å². The van der Waals surface area contributed by atoms with Crippen molar-refractivity contribution in [2.75, 3.05) is 0 Å². The molecule has 0 aromatic carbocycles.